The van der Waals surface area contributed by atoms with E-state index in [1.54, 1.807) is 0 Å². The number of hydrogen-bond acceptors (Lipinski definition) is 3. The predicted octanol–water partition coefficient (Wildman–Crippen LogP) is 6.73. The van der Waals surface area contributed by atoms with Crippen LogP contribution in [0.15, 0.2) is 85.3 Å². The Hall–Kier alpha value is -4.57. The lowest BCUT2D eigenvalue weighted by Crippen LogP contribution is -1.96. The van der Waals surface area contributed by atoms with Gasteiger partial charge in [-0.25, -0.2) is 9.97 Å². The molecule has 2 aliphatic carbocycles. The first-order valence-corrected chi connectivity index (χ1v) is 12.0. The minimum Gasteiger partial charge on any atom is -0.275 e. The number of rotatable bonds is 0. The van der Waals surface area contributed by atoms with E-state index in [0.29, 0.717) is 0 Å². The average Bonchev–Trinajstić information content (AvgIpc) is 3.59. The molecule has 0 spiro atoms. The summed E-state index contributed by atoms with van der Waals surface area (Å²) < 4.78 is 2.27. The summed E-state index contributed by atoms with van der Waals surface area (Å²) in [5, 5.41) is 3.33. The maximum Gasteiger partial charge on any atom is 0.149 e. The Kier molecular flexibility index (Phi) is 3.11. The summed E-state index contributed by atoms with van der Waals surface area (Å²) in [4.78, 5) is 14.4. The Morgan fingerprint density at radius 3 is 2.40 bits per heavy atom. The Morgan fingerprint density at radius 2 is 1.43 bits per heavy atom. The third-order valence-corrected chi connectivity index (χ3v) is 8.02. The highest BCUT2D eigenvalue weighted by Crippen LogP contribution is 2.48. The predicted molar refractivity (Wildman–Crippen MR) is 140 cm³/mol. The van der Waals surface area contributed by atoms with E-state index in [9.17, 15) is 0 Å². The third kappa shape index (κ3) is 2.11. The molecular weight excluding hydrogens is 428 g/mol. The van der Waals surface area contributed by atoms with Crippen LogP contribution in [0.1, 0.15) is 22.3 Å². The van der Waals surface area contributed by atoms with Crippen LogP contribution < -0.4 is 0 Å². The molecule has 0 saturated carbocycles. The normalized spacial score (nSPS) is 13.5. The van der Waals surface area contributed by atoms with E-state index in [4.69, 9.17) is 9.97 Å². The van der Waals surface area contributed by atoms with Crippen LogP contribution in [0.25, 0.3) is 60.7 Å². The number of pyridine rings is 3. The van der Waals surface area contributed by atoms with Crippen molar-refractivity contribution in [1.82, 2.24) is 19.4 Å². The van der Waals surface area contributed by atoms with Gasteiger partial charge in [-0.05, 0) is 80.6 Å². The zero-order valence-corrected chi connectivity index (χ0v) is 18.8. The Labute approximate surface area is 200 Å². The van der Waals surface area contributed by atoms with Crippen molar-refractivity contribution in [3.8, 4) is 22.3 Å². The van der Waals surface area contributed by atoms with Crippen molar-refractivity contribution in [2.75, 3.05) is 0 Å². The maximum absolute atomic E-state index is 5.12. The summed E-state index contributed by atoms with van der Waals surface area (Å²) in [6, 6.07) is 24.1. The summed E-state index contributed by atoms with van der Waals surface area (Å²) in [6.07, 6.45) is 7.59. The number of benzene rings is 3. The molecule has 0 amide bonds. The molecule has 0 bridgehead atoms. The van der Waals surface area contributed by atoms with Crippen LogP contribution >= 0.6 is 0 Å². The van der Waals surface area contributed by atoms with E-state index < -0.39 is 0 Å². The zero-order chi connectivity index (χ0) is 22.7. The van der Waals surface area contributed by atoms with Crippen molar-refractivity contribution in [2.24, 2.45) is 0 Å². The van der Waals surface area contributed by atoms with Crippen LogP contribution in [-0.4, -0.2) is 19.4 Å². The second kappa shape index (κ2) is 6.10. The third-order valence-electron chi connectivity index (χ3n) is 8.02. The average molecular weight is 447 g/mol. The minimum absolute atomic E-state index is 0.923. The van der Waals surface area contributed by atoms with Gasteiger partial charge in [-0.15, -0.1) is 0 Å². The van der Waals surface area contributed by atoms with Gasteiger partial charge in [-0.1, -0.05) is 42.5 Å². The van der Waals surface area contributed by atoms with Gasteiger partial charge in [0.15, 0.2) is 0 Å². The van der Waals surface area contributed by atoms with E-state index in [2.05, 4.69) is 70.0 Å². The standard InChI is InChI=1S/C31H18N4/c1-2-5-18-17(4-1)14-24-19(18)7-8-20-21-9-10-28-29(26(21)15-25(20)24)35-30-23(6-3-12-33-30)22-11-13-32-16-27(22)31(35)34-28/h1-13,16H,14-15H2. The zero-order valence-electron chi connectivity index (χ0n) is 18.8. The molecule has 4 nitrogen and oxygen atoms in total. The summed E-state index contributed by atoms with van der Waals surface area (Å²) in [7, 11) is 0. The highest BCUT2D eigenvalue weighted by atomic mass is 15.1. The molecule has 0 unspecified atom stereocenters. The molecule has 0 fully saturated rings. The van der Waals surface area contributed by atoms with Crippen LogP contribution in [0.3, 0.4) is 0 Å². The van der Waals surface area contributed by atoms with Gasteiger partial charge in [0, 0.05) is 35.8 Å². The molecule has 162 valence electrons. The molecule has 7 aromatic rings. The second-order valence-corrected chi connectivity index (χ2v) is 9.65. The highest BCUT2D eigenvalue weighted by Gasteiger charge is 2.30. The lowest BCUT2D eigenvalue weighted by Gasteiger charge is -2.09. The van der Waals surface area contributed by atoms with Crippen molar-refractivity contribution in [3.63, 3.8) is 0 Å². The highest BCUT2D eigenvalue weighted by molar-refractivity contribution is 6.13. The molecule has 4 aromatic heterocycles. The van der Waals surface area contributed by atoms with Gasteiger partial charge in [0.2, 0.25) is 0 Å². The van der Waals surface area contributed by atoms with Crippen molar-refractivity contribution in [3.05, 3.63) is 108 Å². The summed E-state index contributed by atoms with van der Waals surface area (Å²) in [6.45, 7) is 0. The quantitative estimate of drug-likeness (QED) is 0.243. The van der Waals surface area contributed by atoms with Crippen molar-refractivity contribution < 1.29 is 0 Å². The lowest BCUT2D eigenvalue weighted by molar-refractivity contribution is 1.16. The van der Waals surface area contributed by atoms with Crippen molar-refractivity contribution >= 4 is 38.5 Å². The van der Waals surface area contributed by atoms with Crippen molar-refractivity contribution in [1.29, 1.82) is 0 Å². The molecule has 0 N–H and O–H groups in total. The number of hydrogen-bond donors (Lipinski definition) is 0. The number of aromatic nitrogens is 4. The molecule has 3 aromatic carbocycles. The molecule has 2 aliphatic rings. The molecule has 0 saturated heterocycles. The van der Waals surface area contributed by atoms with Crippen LogP contribution in [-0.2, 0) is 12.8 Å². The summed E-state index contributed by atoms with van der Waals surface area (Å²) in [5.41, 5.74) is 15.3. The van der Waals surface area contributed by atoms with E-state index in [1.807, 2.05) is 24.7 Å². The molecule has 0 aliphatic heterocycles. The fourth-order valence-electron chi connectivity index (χ4n) is 6.55. The van der Waals surface area contributed by atoms with E-state index in [-0.39, 0.29) is 0 Å². The minimum atomic E-state index is 0.923. The first-order chi connectivity index (χ1) is 17.4. The van der Waals surface area contributed by atoms with Gasteiger partial charge in [0.05, 0.1) is 11.0 Å². The van der Waals surface area contributed by atoms with Gasteiger partial charge in [-0.3, -0.25) is 9.38 Å². The maximum atomic E-state index is 5.12. The van der Waals surface area contributed by atoms with Crippen LogP contribution in [0.2, 0.25) is 0 Å². The summed E-state index contributed by atoms with van der Waals surface area (Å²) in [5.74, 6) is 0. The molecule has 0 atom stereocenters. The van der Waals surface area contributed by atoms with E-state index in [1.165, 1.54) is 50.0 Å². The molecular formula is C31H18N4. The number of imidazole rings is 1. The fraction of sp³-hybridized carbons (Fsp3) is 0.0645. The van der Waals surface area contributed by atoms with Gasteiger partial charge >= 0.3 is 0 Å². The fourth-order valence-corrected chi connectivity index (χ4v) is 6.55. The van der Waals surface area contributed by atoms with E-state index in [0.717, 1.165) is 45.8 Å². The van der Waals surface area contributed by atoms with Gasteiger partial charge in [0.1, 0.15) is 11.3 Å². The summed E-state index contributed by atoms with van der Waals surface area (Å²) >= 11 is 0. The molecule has 0 radical (unpaired) electrons. The first-order valence-electron chi connectivity index (χ1n) is 12.0. The van der Waals surface area contributed by atoms with Crippen LogP contribution in [0.5, 0.6) is 0 Å². The van der Waals surface area contributed by atoms with Crippen LogP contribution in [0, 0.1) is 0 Å². The van der Waals surface area contributed by atoms with Gasteiger partial charge < -0.3 is 0 Å². The topological polar surface area (TPSA) is 43.1 Å². The van der Waals surface area contributed by atoms with Crippen LogP contribution in [0.4, 0.5) is 0 Å². The van der Waals surface area contributed by atoms with Gasteiger partial charge in [-0.2, -0.15) is 0 Å². The molecule has 4 heterocycles. The van der Waals surface area contributed by atoms with Gasteiger partial charge in [0.25, 0.3) is 0 Å². The van der Waals surface area contributed by atoms with Crippen molar-refractivity contribution in [2.45, 2.75) is 12.8 Å². The SMILES string of the molecule is c1ccc2c(c1)Cc1c-2ccc2c1Cc1c-2ccc2nc3c4cnccc4c4cccnc4n3c12. The smallest absolute Gasteiger partial charge is 0.149 e. The Bertz CT molecular complexity index is 2070. The Balaban J connectivity index is 1.39. The monoisotopic (exact) mass is 446 g/mol. The first kappa shape index (κ1) is 17.8. The Morgan fingerprint density at radius 1 is 0.600 bits per heavy atom. The van der Waals surface area contributed by atoms with E-state index >= 15 is 0 Å². The molecule has 9 rings (SSSR count). The largest absolute Gasteiger partial charge is 0.275 e. The number of fused-ring (bicyclic) bond motifs is 16. The second-order valence-electron chi connectivity index (χ2n) is 9.65. The lowest BCUT2D eigenvalue weighted by atomic mass is 9.96. The molecule has 4 heteroatoms. The number of nitrogens with zero attached hydrogens (tertiary/aromatic N) is 4. The molecule has 35 heavy (non-hydrogen) atoms.